The van der Waals surface area contributed by atoms with Gasteiger partial charge in [-0.1, -0.05) is 18.2 Å². The van der Waals surface area contributed by atoms with Gasteiger partial charge in [0.25, 0.3) is 0 Å². The predicted octanol–water partition coefficient (Wildman–Crippen LogP) is 5.40. The Bertz CT molecular complexity index is 1640. The van der Waals surface area contributed by atoms with E-state index >= 15 is 0 Å². The number of nitrogens with one attached hydrogen (secondary N) is 2. The van der Waals surface area contributed by atoms with Crippen molar-refractivity contribution in [3.63, 3.8) is 0 Å². The number of para-hydroxylation sites is 1. The minimum Gasteiger partial charge on any atom is -0.481 e. The molecule has 2 bridgehead atoms. The molecule has 0 saturated heterocycles. The van der Waals surface area contributed by atoms with Crippen LogP contribution in [-0.2, 0) is 4.79 Å². The van der Waals surface area contributed by atoms with E-state index in [1.54, 1.807) is 6.20 Å². The van der Waals surface area contributed by atoms with E-state index in [2.05, 4.69) is 15.3 Å². The van der Waals surface area contributed by atoms with E-state index in [-0.39, 0.29) is 17.9 Å². The van der Waals surface area contributed by atoms with Crippen molar-refractivity contribution >= 4 is 33.9 Å². The van der Waals surface area contributed by atoms with Crippen molar-refractivity contribution in [1.29, 1.82) is 0 Å². The summed E-state index contributed by atoms with van der Waals surface area (Å²) in [6, 6.07) is 13.0. The lowest BCUT2D eigenvalue weighted by Gasteiger charge is -2.47. The number of aromatic amines is 1. The number of carboxylic acids is 1. The molecule has 3 aliphatic carbocycles. The minimum absolute atomic E-state index is 0.167. The van der Waals surface area contributed by atoms with Crippen molar-refractivity contribution < 1.29 is 14.3 Å². The molecule has 0 radical (unpaired) electrons. The molecule has 9 heteroatoms. The number of H-pyrrole nitrogens is 1. The van der Waals surface area contributed by atoms with Gasteiger partial charge < -0.3 is 20.0 Å². The molecule has 8 rings (SSSR count). The number of pyridine rings is 1. The Labute approximate surface area is 211 Å². The molecule has 2 atom stereocenters. The number of fused-ring (bicyclic) bond motifs is 5. The molecule has 5 aromatic rings. The lowest BCUT2D eigenvalue weighted by Crippen LogP contribution is -2.51. The Kier molecular flexibility index (Phi) is 4.99. The van der Waals surface area contributed by atoms with Gasteiger partial charge in [-0.3, -0.25) is 4.79 Å². The molecule has 4 aromatic heterocycles. The zero-order chi connectivity index (χ0) is 25.1. The molecule has 2 unspecified atom stereocenters. The number of carbonyl (C=O) groups is 1. The van der Waals surface area contributed by atoms with Crippen molar-refractivity contribution in [3.05, 3.63) is 66.9 Å². The predicted molar refractivity (Wildman–Crippen MR) is 138 cm³/mol. The average molecular weight is 497 g/mol. The summed E-state index contributed by atoms with van der Waals surface area (Å²) in [5, 5.41) is 14.3. The molecule has 0 amide bonds. The maximum absolute atomic E-state index is 14.1. The molecule has 8 nitrogen and oxygen atoms in total. The maximum atomic E-state index is 14.1. The SMILES string of the molecule is O=C(O)C1C2CCC(CC2)C1Nc1nc(-c2c[nH]c3ncc(F)cc23)nc2ccn(-c3ccccc3)c12. The first kappa shape index (κ1) is 22.0. The van der Waals surface area contributed by atoms with Crippen molar-refractivity contribution in [1.82, 2.24) is 24.5 Å². The van der Waals surface area contributed by atoms with Crippen LogP contribution < -0.4 is 5.32 Å². The Morgan fingerprint density at radius 2 is 1.86 bits per heavy atom. The van der Waals surface area contributed by atoms with Crippen molar-refractivity contribution in [2.75, 3.05) is 5.32 Å². The van der Waals surface area contributed by atoms with Crippen LogP contribution in [0.25, 0.3) is 39.1 Å². The zero-order valence-corrected chi connectivity index (χ0v) is 19.9. The molecular formula is C28H25FN6O2. The minimum atomic E-state index is -0.756. The third-order valence-electron chi connectivity index (χ3n) is 8.11. The summed E-state index contributed by atoms with van der Waals surface area (Å²) in [7, 11) is 0. The van der Waals surface area contributed by atoms with Crippen LogP contribution in [0.1, 0.15) is 25.7 Å². The quantitative estimate of drug-likeness (QED) is 0.300. The van der Waals surface area contributed by atoms with Gasteiger partial charge in [0.05, 0.1) is 17.6 Å². The summed E-state index contributed by atoms with van der Waals surface area (Å²) in [6.45, 7) is 0. The van der Waals surface area contributed by atoms with Gasteiger partial charge >= 0.3 is 5.97 Å². The molecular weight excluding hydrogens is 471 g/mol. The van der Waals surface area contributed by atoms with Crippen LogP contribution in [0.2, 0.25) is 0 Å². The van der Waals surface area contributed by atoms with Crippen LogP contribution in [0.5, 0.6) is 0 Å². The van der Waals surface area contributed by atoms with Crippen LogP contribution in [0.3, 0.4) is 0 Å². The van der Waals surface area contributed by atoms with Crippen molar-refractivity contribution in [3.8, 4) is 17.1 Å². The number of carboxylic acid groups (broad SMARTS) is 1. The van der Waals surface area contributed by atoms with Gasteiger partial charge in [0.1, 0.15) is 17.0 Å². The van der Waals surface area contributed by atoms with Gasteiger partial charge in [-0.2, -0.15) is 0 Å². The van der Waals surface area contributed by atoms with Crippen LogP contribution in [0.15, 0.2) is 61.1 Å². The van der Waals surface area contributed by atoms with Crippen LogP contribution >= 0.6 is 0 Å². The highest BCUT2D eigenvalue weighted by Crippen LogP contribution is 2.47. The number of aromatic nitrogens is 5. The first-order valence-corrected chi connectivity index (χ1v) is 12.6. The topological polar surface area (TPSA) is 109 Å². The highest BCUT2D eigenvalue weighted by atomic mass is 19.1. The highest BCUT2D eigenvalue weighted by Gasteiger charge is 2.47. The second-order valence-electron chi connectivity index (χ2n) is 10.1. The van der Waals surface area contributed by atoms with Crippen LogP contribution in [-0.4, -0.2) is 41.6 Å². The van der Waals surface area contributed by atoms with Crippen LogP contribution in [0, 0.1) is 23.6 Å². The van der Waals surface area contributed by atoms with Gasteiger partial charge in [-0.15, -0.1) is 0 Å². The fourth-order valence-electron chi connectivity index (χ4n) is 6.40. The number of nitrogens with zero attached hydrogens (tertiary/aromatic N) is 4. The van der Waals surface area contributed by atoms with E-state index in [1.165, 1.54) is 12.3 Å². The molecule has 4 heterocycles. The number of hydrogen-bond donors (Lipinski definition) is 3. The first-order valence-electron chi connectivity index (χ1n) is 12.6. The smallest absolute Gasteiger partial charge is 0.308 e. The molecule has 3 N–H and O–H groups in total. The molecule has 3 fully saturated rings. The summed E-state index contributed by atoms with van der Waals surface area (Å²) in [6.07, 6.45) is 8.79. The number of rotatable bonds is 5. The van der Waals surface area contributed by atoms with E-state index in [0.717, 1.165) is 36.9 Å². The molecule has 0 spiro atoms. The normalized spacial score (nSPS) is 23.1. The second-order valence-corrected chi connectivity index (χ2v) is 10.1. The Morgan fingerprint density at radius 1 is 1.08 bits per heavy atom. The highest BCUT2D eigenvalue weighted by molar-refractivity contribution is 5.95. The lowest BCUT2D eigenvalue weighted by molar-refractivity contribution is -0.148. The van der Waals surface area contributed by atoms with Gasteiger partial charge in [0.15, 0.2) is 11.6 Å². The standard InChI is InChI=1S/C28H25FN6O2/c29-17-12-19-20(14-31-25(19)30-13-17)26-32-21-10-11-35(18-4-2-1-3-5-18)24(21)27(34-26)33-23-16-8-6-15(7-9-16)22(23)28(36)37/h1-5,10-16,22-23H,6-9H2,(H,30,31)(H,36,37)(H,32,33,34). The lowest BCUT2D eigenvalue weighted by atomic mass is 9.61. The number of anilines is 1. The number of hydrogen-bond acceptors (Lipinski definition) is 5. The largest absolute Gasteiger partial charge is 0.481 e. The summed E-state index contributed by atoms with van der Waals surface area (Å²) in [4.78, 5) is 29.4. The van der Waals surface area contributed by atoms with Gasteiger partial charge in [-0.25, -0.2) is 19.3 Å². The monoisotopic (exact) mass is 496 g/mol. The van der Waals surface area contributed by atoms with E-state index in [1.807, 2.05) is 47.2 Å². The molecule has 186 valence electrons. The third kappa shape index (κ3) is 3.56. The maximum Gasteiger partial charge on any atom is 0.308 e. The van der Waals surface area contributed by atoms with Gasteiger partial charge in [-0.05, 0) is 61.8 Å². The van der Waals surface area contributed by atoms with E-state index in [9.17, 15) is 14.3 Å². The van der Waals surface area contributed by atoms with E-state index < -0.39 is 17.7 Å². The number of aliphatic carboxylic acids is 1. The summed E-state index contributed by atoms with van der Waals surface area (Å²) >= 11 is 0. The summed E-state index contributed by atoms with van der Waals surface area (Å²) in [5.74, 6) is -0.220. The molecule has 1 aromatic carbocycles. The van der Waals surface area contributed by atoms with Gasteiger partial charge in [0.2, 0.25) is 0 Å². The molecule has 37 heavy (non-hydrogen) atoms. The number of benzene rings is 1. The molecule has 0 aliphatic heterocycles. The van der Waals surface area contributed by atoms with Crippen molar-refractivity contribution in [2.45, 2.75) is 31.7 Å². The van der Waals surface area contributed by atoms with E-state index in [4.69, 9.17) is 9.97 Å². The average Bonchev–Trinajstić information content (AvgIpc) is 3.54. The third-order valence-corrected chi connectivity index (χ3v) is 8.11. The second kappa shape index (κ2) is 8.40. The Morgan fingerprint density at radius 3 is 2.65 bits per heavy atom. The fourth-order valence-corrected chi connectivity index (χ4v) is 6.40. The first-order chi connectivity index (χ1) is 18.1. The molecule has 3 aliphatic rings. The fraction of sp³-hybridized carbons (Fsp3) is 0.286. The number of halogens is 1. The Balaban J connectivity index is 1.42. The van der Waals surface area contributed by atoms with Crippen LogP contribution in [0.4, 0.5) is 10.2 Å². The zero-order valence-electron chi connectivity index (χ0n) is 19.9. The molecule has 3 saturated carbocycles. The van der Waals surface area contributed by atoms with Crippen molar-refractivity contribution in [2.24, 2.45) is 17.8 Å². The Hall–Kier alpha value is -4.27. The van der Waals surface area contributed by atoms with E-state index in [0.29, 0.717) is 33.8 Å². The summed E-state index contributed by atoms with van der Waals surface area (Å²) in [5.41, 5.74) is 3.63. The summed E-state index contributed by atoms with van der Waals surface area (Å²) < 4.78 is 16.1. The van der Waals surface area contributed by atoms with Gasteiger partial charge in [0, 0.05) is 35.1 Å².